The summed E-state index contributed by atoms with van der Waals surface area (Å²) in [5, 5.41) is 0.668. The number of nitrogens with one attached hydrogen (secondary N) is 1. The molecule has 0 saturated carbocycles. The fraction of sp³-hybridized carbons (Fsp3) is 0.263. The van der Waals surface area contributed by atoms with Crippen LogP contribution < -0.4 is 4.74 Å². The fourth-order valence-corrected chi connectivity index (χ4v) is 1.96. The molecule has 0 unspecified atom stereocenters. The Morgan fingerprint density at radius 1 is 1.29 bits per heavy atom. The van der Waals surface area contributed by atoms with E-state index in [0.29, 0.717) is 23.3 Å². The maximum atomic E-state index is 11.8. The maximum Gasteiger partial charge on any atom is 0.379 e. The van der Waals surface area contributed by atoms with E-state index in [1.165, 1.54) is 13.3 Å². The van der Waals surface area contributed by atoms with Crippen LogP contribution in [0.1, 0.15) is 30.6 Å². The van der Waals surface area contributed by atoms with Crippen LogP contribution in [0.3, 0.4) is 0 Å². The number of fused-ring (bicyclic) bond motifs is 1. The van der Waals surface area contributed by atoms with Crippen LogP contribution >= 0.6 is 0 Å². The van der Waals surface area contributed by atoms with Crippen molar-refractivity contribution in [3.8, 4) is 5.75 Å². The van der Waals surface area contributed by atoms with Crippen LogP contribution in [-0.2, 0) is 9.53 Å². The summed E-state index contributed by atoms with van der Waals surface area (Å²) in [6.45, 7) is 7.80. The molecule has 0 saturated heterocycles. The van der Waals surface area contributed by atoms with Gasteiger partial charge < -0.3 is 14.5 Å². The highest BCUT2D eigenvalue weighted by atomic mass is 16.5. The molecule has 0 aliphatic carbocycles. The Morgan fingerprint density at radius 2 is 2.00 bits per heavy atom. The highest BCUT2D eigenvalue weighted by Gasteiger charge is 2.20. The summed E-state index contributed by atoms with van der Waals surface area (Å²) < 4.78 is 10.0. The standard InChI is InChI=1S/C16H17NO4.C3H6/c1-3-4-5-8-21-11-6-7-12-13(10-17-14(12)9-11)15(18)16(19)20-2;1-3-2/h4-7,9-10,17H,3,8H2,1-2H3;3H,1H2,2H3/b5-4+;. The molecule has 5 nitrogen and oxygen atoms in total. The molecule has 0 fully saturated rings. The largest absolute Gasteiger partial charge is 0.489 e. The lowest BCUT2D eigenvalue weighted by Gasteiger charge is -2.03. The molecule has 128 valence electrons. The molecule has 24 heavy (non-hydrogen) atoms. The second-order valence-electron chi connectivity index (χ2n) is 4.83. The van der Waals surface area contributed by atoms with E-state index in [1.54, 1.807) is 24.3 Å². The second-order valence-corrected chi connectivity index (χ2v) is 4.83. The van der Waals surface area contributed by atoms with E-state index < -0.39 is 11.8 Å². The number of hydrogen-bond acceptors (Lipinski definition) is 4. The molecule has 2 rings (SSSR count). The Hall–Kier alpha value is -2.82. The van der Waals surface area contributed by atoms with Gasteiger partial charge in [-0.2, -0.15) is 0 Å². The Balaban J connectivity index is 0.000000891. The molecular formula is C19H23NO4. The third kappa shape index (κ3) is 5.12. The summed E-state index contributed by atoms with van der Waals surface area (Å²) in [4.78, 5) is 26.1. The zero-order valence-corrected chi connectivity index (χ0v) is 14.3. The van der Waals surface area contributed by atoms with Gasteiger partial charge >= 0.3 is 5.97 Å². The van der Waals surface area contributed by atoms with Crippen LogP contribution in [0.5, 0.6) is 5.75 Å². The molecule has 0 aliphatic rings. The van der Waals surface area contributed by atoms with Gasteiger partial charge in [0.25, 0.3) is 5.78 Å². The number of Topliss-reactive ketones (excluding diaryl/α,β-unsaturated/α-hetero) is 1. The third-order valence-corrected chi connectivity index (χ3v) is 3.02. The molecule has 0 amide bonds. The number of rotatable bonds is 6. The minimum absolute atomic E-state index is 0.300. The van der Waals surface area contributed by atoms with E-state index >= 15 is 0 Å². The Morgan fingerprint density at radius 3 is 2.62 bits per heavy atom. The van der Waals surface area contributed by atoms with Crippen molar-refractivity contribution in [1.82, 2.24) is 4.98 Å². The van der Waals surface area contributed by atoms with E-state index in [4.69, 9.17) is 4.74 Å². The van der Waals surface area contributed by atoms with Gasteiger partial charge in [-0.15, -0.1) is 6.58 Å². The second kappa shape index (κ2) is 10.0. The minimum Gasteiger partial charge on any atom is -0.489 e. The predicted molar refractivity (Wildman–Crippen MR) is 95.4 cm³/mol. The first-order valence-corrected chi connectivity index (χ1v) is 7.67. The Bertz CT molecular complexity index is 728. The van der Waals surface area contributed by atoms with Crippen LogP contribution in [0.4, 0.5) is 0 Å². The smallest absolute Gasteiger partial charge is 0.379 e. The molecule has 1 aromatic carbocycles. The van der Waals surface area contributed by atoms with Gasteiger partial charge in [-0.05, 0) is 25.5 Å². The van der Waals surface area contributed by atoms with Gasteiger partial charge in [0.05, 0.1) is 12.7 Å². The van der Waals surface area contributed by atoms with Crippen LogP contribution in [-0.4, -0.2) is 30.5 Å². The van der Waals surface area contributed by atoms with Crippen molar-refractivity contribution >= 4 is 22.7 Å². The summed E-state index contributed by atoms with van der Waals surface area (Å²) in [5.41, 5.74) is 1.04. The summed E-state index contributed by atoms with van der Waals surface area (Å²) in [6.07, 6.45) is 8.20. The summed E-state index contributed by atoms with van der Waals surface area (Å²) in [6, 6.07) is 5.31. The van der Waals surface area contributed by atoms with Crippen LogP contribution in [0.15, 0.2) is 49.2 Å². The van der Waals surface area contributed by atoms with Gasteiger partial charge in [0.15, 0.2) is 0 Å². The topological polar surface area (TPSA) is 68.4 Å². The first-order chi connectivity index (χ1) is 11.6. The van der Waals surface area contributed by atoms with Crippen molar-refractivity contribution in [1.29, 1.82) is 0 Å². The van der Waals surface area contributed by atoms with Gasteiger partial charge in [0.1, 0.15) is 12.4 Å². The van der Waals surface area contributed by atoms with Crippen molar-refractivity contribution in [2.45, 2.75) is 20.3 Å². The highest BCUT2D eigenvalue weighted by molar-refractivity contribution is 6.42. The lowest BCUT2D eigenvalue weighted by atomic mass is 10.1. The molecular weight excluding hydrogens is 306 g/mol. The molecule has 5 heteroatoms. The van der Waals surface area contributed by atoms with Crippen LogP contribution in [0.25, 0.3) is 10.9 Å². The minimum atomic E-state index is -0.874. The first-order valence-electron chi connectivity index (χ1n) is 7.67. The van der Waals surface area contributed by atoms with E-state index in [1.807, 2.05) is 19.1 Å². The van der Waals surface area contributed by atoms with Gasteiger partial charge in [0.2, 0.25) is 0 Å². The Kier molecular flexibility index (Phi) is 8.05. The van der Waals surface area contributed by atoms with E-state index in [2.05, 4.69) is 23.2 Å². The van der Waals surface area contributed by atoms with Crippen molar-refractivity contribution in [3.63, 3.8) is 0 Å². The average molecular weight is 329 g/mol. The van der Waals surface area contributed by atoms with Gasteiger partial charge in [0, 0.05) is 23.2 Å². The maximum absolute atomic E-state index is 11.8. The number of methoxy groups -OCH3 is 1. The number of ketones is 1. The van der Waals surface area contributed by atoms with Crippen molar-refractivity contribution < 1.29 is 19.1 Å². The quantitative estimate of drug-likeness (QED) is 0.375. The Labute approximate surface area is 142 Å². The van der Waals surface area contributed by atoms with E-state index in [9.17, 15) is 9.59 Å². The number of hydrogen-bond donors (Lipinski definition) is 1. The molecule has 1 heterocycles. The normalized spacial score (nSPS) is 10.1. The molecule has 0 radical (unpaired) electrons. The van der Waals surface area contributed by atoms with Crippen LogP contribution in [0, 0.1) is 0 Å². The van der Waals surface area contributed by atoms with E-state index in [-0.39, 0.29) is 0 Å². The average Bonchev–Trinajstić information content (AvgIpc) is 3.01. The van der Waals surface area contributed by atoms with Crippen molar-refractivity contribution in [2.75, 3.05) is 13.7 Å². The summed E-state index contributed by atoms with van der Waals surface area (Å²) >= 11 is 0. The van der Waals surface area contributed by atoms with Crippen LogP contribution in [0.2, 0.25) is 0 Å². The number of H-pyrrole nitrogens is 1. The number of aromatic nitrogens is 1. The van der Waals surface area contributed by atoms with Gasteiger partial charge in [-0.1, -0.05) is 25.2 Å². The first kappa shape index (κ1) is 19.2. The number of ether oxygens (including phenoxy) is 2. The zero-order valence-electron chi connectivity index (χ0n) is 14.3. The van der Waals surface area contributed by atoms with Gasteiger partial charge in [-0.25, -0.2) is 4.79 Å². The monoisotopic (exact) mass is 329 g/mol. The van der Waals surface area contributed by atoms with E-state index in [0.717, 1.165) is 11.9 Å². The SMILES string of the molecule is C=CC.CC/C=C/COc1ccc2c(C(=O)C(=O)OC)c[nH]c2c1. The molecule has 0 spiro atoms. The number of benzene rings is 1. The predicted octanol–water partition coefficient (Wildman–Crippen LogP) is 4.06. The lowest BCUT2D eigenvalue weighted by Crippen LogP contribution is -2.15. The summed E-state index contributed by atoms with van der Waals surface area (Å²) in [7, 11) is 1.19. The molecule has 0 bridgehead atoms. The zero-order chi connectivity index (χ0) is 17.9. The van der Waals surface area contributed by atoms with Crippen molar-refractivity contribution in [3.05, 3.63) is 54.8 Å². The van der Waals surface area contributed by atoms with Crippen molar-refractivity contribution in [2.24, 2.45) is 0 Å². The number of allylic oxidation sites excluding steroid dienone is 2. The highest BCUT2D eigenvalue weighted by Crippen LogP contribution is 2.24. The van der Waals surface area contributed by atoms with Gasteiger partial charge in [-0.3, -0.25) is 4.79 Å². The number of carbonyl (C=O) groups is 2. The number of esters is 1. The molecule has 0 atom stereocenters. The fourth-order valence-electron chi connectivity index (χ4n) is 1.96. The summed E-state index contributed by atoms with van der Waals surface area (Å²) in [5.74, 6) is -0.841. The number of carbonyl (C=O) groups excluding carboxylic acids is 2. The lowest BCUT2D eigenvalue weighted by molar-refractivity contribution is -0.135. The molecule has 1 N–H and O–H groups in total. The molecule has 0 aliphatic heterocycles. The number of aromatic amines is 1. The molecule has 2 aromatic rings. The molecule has 1 aromatic heterocycles. The third-order valence-electron chi connectivity index (χ3n) is 3.02.